The number of hydrogen-bond donors (Lipinski definition) is 0. The van der Waals surface area contributed by atoms with Gasteiger partial charge in [0.05, 0.1) is 5.69 Å². The van der Waals surface area contributed by atoms with Crippen LogP contribution in [0.3, 0.4) is 0 Å². The van der Waals surface area contributed by atoms with Gasteiger partial charge in [-0.3, -0.25) is 0 Å². The number of anilines is 9. The van der Waals surface area contributed by atoms with Crippen molar-refractivity contribution in [1.29, 1.82) is 0 Å². The Morgan fingerprint density at radius 1 is 0.323 bits per heavy atom. The summed E-state index contributed by atoms with van der Waals surface area (Å²) in [6.07, 6.45) is 0. The minimum Gasteiger partial charge on any atom is -0.435 e. The predicted molar refractivity (Wildman–Crippen MR) is 259 cm³/mol. The lowest BCUT2D eigenvalue weighted by atomic mass is 9.98. The van der Waals surface area contributed by atoms with Crippen LogP contribution < -0.4 is 14.7 Å². The molecule has 0 spiro atoms. The van der Waals surface area contributed by atoms with E-state index in [-0.39, 0.29) is 0 Å². The minimum atomic E-state index is 0.596. The van der Waals surface area contributed by atoms with E-state index in [1.54, 1.807) is 0 Å². The number of fused-ring (bicyclic) bond motifs is 5. The van der Waals surface area contributed by atoms with Gasteiger partial charge in [0.1, 0.15) is 5.52 Å². The second kappa shape index (κ2) is 16.0. The van der Waals surface area contributed by atoms with E-state index in [0.717, 1.165) is 89.4 Å². The molecule has 5 heteroatoms. The largest absolute Gasteiger partial charge is 0.435 e. The Labute approximate surface area is 360 Å². The predicted octanol–water partition coefficient (Wildman–Crippen LogP) is 16.2. The molecule has 11 rings (SSSR count). The van der Waals surface area contributed by atoms with Crippen LogP contribution >= 0.6 is 0 Å². The second-order valence-corrected chi connectivity index (χ2v) is 15.2. The van der Waals surface area contributed by atoms with Crippen molar-refractivity contribution in [3.63, 3.8) is 0 Å². The average molecular weight is 797 g/mol. The molecule has 0 aliphatic carbocycles. The van der Waals surface area contributed by atoms with Gasteiger partial charge in [-0.1, -0.05) is 140 Å². The molecule has 0 atom stereocenters. The minimum absolute atomic E-state index is 0.596. The van der Waals surface area contributed by atoms with Gasteiger partial charge in [-0.2, -0.15) is 0 Å². The van der Waals surface area contributed by atoms with Crippen LogP contribution in [-0.4, -0.2) is 4.98 Å². The lowest BCUT2D eigenvalue weighted by Crippen LogP contribution is -2.14. The molecule has 0 saturated heterocycles. The Bertz CT molecular complexity index is 3260. The van der Waals surface area contributed by atoms with E-state index in [9.17, 15) is 0 Å². The van der Waals surface area contributed by atoms with Crippen LogP contribution in [0.15, 0.2) is 247 Å². The highest BCUT2D eigenvalue weighted by atomic mass is 16.3. The third-order valence-electron chi connectivity index (χ3n) is 11.4. The van der Waals surface area contributed by atoms with Gasteiger partial charge in [-0.15, -0.1) is 0 Å². The number of nitrogens with zero attached hydrogens (tertiary/aromatic N) is 4. The molecule has 0 bridgehead atoms. The molecule has 0 amide bonds. The molecule has 0 unspecified atom stereocenters. The second-order valence-electron chi connectivity index (χ2n) is 15.2. The van der Waals surface area contributed by atoms with Gasteiger partial charge < -0.3 is 19.1 Å². The zero-order chi connectivity index (χ0) is 41.2. The summed E-state index contributed by atoms with van der Waals surface area (Å²) in [4.78, 5) is 12.1. The zero-order valence-electron chi connectivity index (χ0n) is 33.8. The molecule has 0 fully saturated rings. The van der Waals surface area contributed by atoms with E-state index >= 15 is 0 Å². The Hall–Kier alpha value is -8.41. The molecule has 5 nitrogen and oxygen atoms in total. The first-order chi connectivity index (χ1) is 30.8. The van der Waals surface area contributed by atoms with Crippen LogP contribution in [0.5, 0.6) is 0 Å². The van der Waals surface area contributed by atoms with Crippen LogP contribution in [0.1, 0.15) is 0 Å². The van der Waals surface area contributed by atoms with Gasteiger partial charge in [-0.05, 0) is 114 Å². The number of benzene rings is 10. The SMILES string of the molecule is c1ccc(-c2nc3cc(N(c4ccccc4)c4cccc(N(c5ccccc5)c5cccc(N(c6ccccc6)c6ccccc6)c5)c4)c4ccc5ccccc5c4c3o2)cc1. The molecule has 294 valence electrons. The molecular weight excluding hydrogens is 757 g/mol. The molecule has 62 heavy (non-hydrogen) atoms. The number of hydrogen-bond acceptors (Lipinski definition) is 5. The fraction of sp³-hybridized carbons (Fsp3) is 0. The van der Waals surface area contributed by atoms with Crippen LogP contribution in [0.25, 0.3) is 44.1 Å². The van der Waals surface area contributed by atoms with Gasteiger partial charge in [0.2, 0.25) is 5.89 Å². The topological polar surface area (TPSA) is 35.8 Å². The standard InChI is InChI=1S/C57H40N4O/c1-6-21-42(22-7-1)57-58-53-40-54(52-37-36-41-20-16-17-35-51(41)55(52)56(53)62-57)61(46-29-14-5-15-30-46)50-34-19-33-49(39-50)60(45-27-12-4-13-28-45)48-32-18-31-47(38-48)59(43-23-8-2-9-24-43)44-25-10-3-11-26-44/h1-40H. The van der Waals surface area contributed by atoms with Gasteiger partial charge in [0.25, 0.3) is 0 Å². The lowest BCUT2D eigenvalue weighted by Gasteiger charge is -2.31. The fourth-order valence-corrected chi connectivity index (χ4v) is 8.61. The Kier molecular flexibility index (Phi) is 9.45. The van der Waals surface area contributed by atoms with E-state index in [2.05, 4.69) is 227 Å². The monoisotopic (exact) mass is 796 g/mol. The molecule has 1 aromatic heterocycles. The molecule has 0 radical (unpaired) electrons. The molecule has 0 aliphatic rings. The first-order valence-electron chi connectivity index (χ1n) is 20.9. The first-order valence-corrected chi connectivity index (χ1v) is 20.9. The molecule has 1 heterocycles. The summed E-state index contributed by atoms with van der Waals surface area (Å²) in [6, 6.07) is 85.2. The Balaban J connectivity index is 1.11. The Morgan fingerprint density at radius 3 is 1.27 bits per heavy atom. The van der Waals surface area contributed by atoms with Crippen molar-refractivity contribution in [2.24, 2.45) is 0 Å². The zero-order valence-corrected chi connectivity index (χ0v) is 33.8. The third kappa shape index (κ3) is 6.78. The van der Waals surface area contributed by atoms with Gasteiger partial charge in [0.15, 0.2) is 5.58 Å². The molecule has 11 aromatic rings. The molecular formula is C57H40N4O. The lowest BCUT2D eigenvalue weighted by molar-refractivity contribution is 0.623. The van der Waals surface area contributed by atoms with Gasteiger partial charge in [-0.25, -0.2) is 4.98 Å². The van der Waals surface area contributed by atoms with Crippen molar-refractivity contribution in [3.05, 3.63) is 243 Å². The van der Waals surface area contributed by atoms with E-state index in [4.69, 9.17) is 9.40 Å². The third-order valence-corrected chi connectivity index (χ3v) is 11.4. The first kappa shape index (κ1) is 36.7. The van der Waals surface area contributed by atoms with E-state index in [1.165, 1.54) is 0 Å². The van der Waals surface area contributed by atoms with Crippen molar-refractivity contribution in [2.45, 2.75) is 0 Å². The van der Waals surface area contributed by atoms with Crippen LogP contribution in [0.4, 0.5) is 51.2 Å². The highest BCUT2D eigenvalue weighted by molar-refractivity contribution is 6.22. The summed E-state index contributed by atoms with van der Waals surface area (Å²) in [5.41, 5.74) is 11.9. The van der Waals surface area contributed by atoms with Crippen molar-refractivity contribution in [2.75, 3.05) is 14.7 Å². The van der Waals surface area contributed by atoms with Crippen LogP contribution in [0, 0.1) is 0 Å². The average Bonchev–Trinajstić information content (AvgIpc) is 3.78. The van der Waals surface area contributed by atoms with E-state index < -0.39 is 0 Å². The number of rotatable bonds is 10. The summed E-state index contributed by atoms with van der Waals surface area (Å²) in [7, 11) is 0. The molecule has 10 aromatic carbocycles. The maximum atomic E-state index is 6.71. The summed E-state index contributed by atoms with van der Waals surface area (Å²) >= 11 is 0. The van der Waals surface area contributed by atoms with E-state index in [1.807, 2.05) is 30.3 Å². The van der Waals surface area contributed by atoms with Crippen LogP contribution in [0.2, 0.25) is 0 Å². The summed E-state index contributed by atoms with van der Waals surface area (Å²) in [5, 5.41) is 4.36. The molecule has 0 N–H and O–H groups in total. The van der Waals surface area contributed by atoms with Gasteiger partial charge in [0, 0.05) is 61.8 Å². The fourth-order valence-electron chi connectivity index (χ4n) is 8.61. The van der Waals surface area contributed by atoms with Gasteiger partial charge >= 0.3 is 0 Å². The number of para-hydroxylation sites is 4. The van der Waals surface area contributed by atoms with Crippen molar-refractivity contribution in [3.8, 4) is 11.5 Å². The molecule has 0 saturated carbocycles. The highest BCUT2D eigenvalue weighted by Crippen LogP contribution is 2.47. The summed E-state index contributed by atoms with van der Waals surface area (Å²) in [6.45, 7) is 0. The Morgan fingerprint density at radius 2 is 0.742 bits per heavy atom. The van der Waals surface area contributed by atoms with Crippen molar-refractivity contribution in [1.82, 2.24) is 4.98 Å². The van der Waals surface area contributed by atoms with Crippen molar-refractivity contribution >= 4 is 83.8 Å². The molecule has 0 aliphatic heterocycles. The maximum Gasteiger partial charge on any atom is 0.227 e. The summed E-state index contributed by atoms with van der Waals surface area (Å²) in [5.74, 6) is 0.596. The van der Waals surface area contributed by atoms with E-state index in [0.29, 0.717) is 5.89 Å². The quantitative estimate of drug-likeness (QED) is 0.129. The van der Waals surface area contributed by atoms with Crippen LogP contribution in [-0.2, 0) is 0 Å². The maximum absolute atomic E-state index is 6.71. The number of oxazole rings is 1. The van der Waals surface area contributed by atoms with Crippen molar-refractivity contribution < 1.29 is 4.42 Å². The summed E-state index contributed by atoms with van der Waals surface area (Å²) < 4.78 is 6.71. The smallest absolute Gasteiger partial charge is 0.227 e. The number of aromatic nitrogens is 1. The normalized spacial score (nSPS) is 11.2. The highest BCUT2D eigenvalue weighted by Gasteiger charge is 2.24.